The fourth-order valence-corrected chi connectivity index (χ4v) is 3.33. The summed E-state index contributed by atoms with van der Waals surface area (Å²) >= 11 is 0. The minimum atomic E-state index is -1.53. The van der Waals surface area contributed by atoms with Crippen molar-refractivity contribution in [3.63, 3.8) is 0 Å². The molecule has 1 heterocycles. The third kappa shape index (κ3) is 5.29. The molecule has 0 N–H and O–H groups in total. The highest BCUT2D eigenvalue weighted by Gasteiger charge is 2.51. The fraction of sp³-hybridized carbons (Fsp3) is 0.154. The van der Waals surface area contributed by atoms with Crippen LogP contribution in [0.4, 0.5) is 0 Å². The largest absolute Gasteiger partial charge is 0.458 e. The standard InChI is InChI=1S/C26H20O8/c27-23(17-10-4-1-5-11-17)31-16-20-21(33-24(28)18-12-6-2-7-13-18)22(26(30)32-20)34-25(29)19-14-8-3-9-15-19/h1-15,20-22H,16H2/t20-,21-,22?/m1/s1. The average molecular weight is 460 g/mol. The molecule has 8 nitrogen and oxygen atoms in total. The van der Waals surface area contributed by atoms with E-state index in [1.807, 2.05) is 0 Å². The van der Waals surface area contributed by atoms with E-state index in [4.69, 9.17) is 18.9 Å². The van der Waals surface area contributed by atoms with Crippen LogP contribution in [-0.4, -0.2) is 48.8 Å². The first-order chi connectivity index (χ1) is 16.5. The Kier molecular flexibility index (Phi) is 6.98. The van der Waals surface area contributed by atoms with Gasteiger partial charge in [0.15, 0.2) is 12.2 Å². The van der Waals surface area contributed by atoms with E-state index in [9.17, 15) is 19.2 Å². The van der Waals surface area contributed by atoms with Gasteiger partial charge in [0.2, 0.25) is 6.10 Å². The monoisotopic (exact) mass is 460 g/mol. The van der Waals surface area contributed by atoms with Crippen molar-refractivity contribution in [3.8, 4) is 0 Å². The predicted molar refractivity (Wildman–Crippen MR) is 118 cm³/mol. The van der Waals surface area contributed by atoms with Crippen molar-refractivity contribution in [2.24, 2.45) is 0 Å². The molecule has 0 amide bonds. The normalized spacial score (nSPS) is 19.1. The van der Waals surface area contributed by atoms with Gasteiger partial charge in [-0.2, -0.15) is 0 Å². The summed E-state index contributed by atoms with van der Waals surface area (Å²) in [5, 5.41) is 0. The molecule has 172 valence electrons. The van der Waals surface area contributed by atoms with Gasteiger partial charge in [-0.25, -0.2) is 19.2 Å². The Labute approximate surface area is 195 Å². The molecular weight excluding hydrogens is 440 g/mol. The second-order valence-electron chi connectivity index (χ2n) is 7.37. The van der Waals surface area contributed by atoms with Crippen molar-refractivity contribution in [2.75, 3.05) is 6.61 Å². The van der Waals surface area contributed by atoms with Crippen molar-refractivity contribution >= 4 is 23.9 Å². The van der Waals surface area contributed by atoms with Gasteiger partial charge in [-0.1, -0.05) is 54.6 Å². The van der Waals surface area contributed by atoms with Gasteiger partial charge >= 0.3 is 23.9 Å². The summed E-state index contributed by atoms with van der Waals surface area (Å²) in [5.74, 6) is -3.08. The maximum atomic E-state index is 12.7. The highest BCUT2D eigenvalue weighted by Crippen LogP contribution is 2.25. The number of hydrogen-bond acceptors (Lipinski definition) is 8. The van der Waals surface area contributed by atoms with E-state index in [0.29, 0.717) is 5.56 Å². The molecule has 4 rings (SSSR count). The van der Waals surface area contributed by atoms with Crippen molar-refractivity contribution in [2.45, 2.75) is 18.3 Å². The van der Waals surface area contributed by atoms with Crippen LogP contribution in [0.15, 0.2) is 91.0 Å². The maximum absolute atomic E-state index is 12.7. The van der Waals surface area contributed by atoms with Crippen molar-refractivity contribution < 1.29 is 38.1 Å². The zero-order valence-electron chi connectivity index (χ0n) is 17.9. The number of carbonyl (C=O) groups is 4. The minimum Gasteiger partial charge on any atom is -0.458 e. The van der Waals surface area contributed by atoms with Crippen LogP contribution in [0.5, 0.6) is 0 Å². The molecule has 0 radical (unpaired) electrons. The lowest BCUT2D eigenvalue weighted by atomic mass is 10.1. The third-order valence-electron chi connectivity index (χ3n) is 5.05. The second kappa shape index (κ2) is 10.4. The number of hydrogen-bond donors (Lipinski definition) is 0. The Morgan fingerprint density at radius 2 is 1.09 bits per heavy atom. The van der Waals surface area contributed by atoms with E-state index >= 15 is 0 Å². The lowest BCUT2D eigenvalue weighted by Crippen LogP contribution is -2.41. The van der Waals surface area contributed by atoms with Gasteiger partial charge in [0, 0.05) is 0 Å². The minimum absolute atomic E-state index is 0.211. The van der Waals surface area contributed by atoms with Gasteiger partial charge in [-0.05, 0) is 36.4 Å². The van der Waals surface area contributed by atoms with Crippen LogP contribution < -0.4 is 0 Å². The van der Waals surface area contributed by atoms with Crippen LogP contribution in [0.3, 0.4) is 0 Å². The average Bonchev–Trinajstić information content (AvgIpc) is 3.17. The molecule has 1 unspecified atom stereocenters. The molecular formula is C26H20O8. The summed E-state index contributed by atoms with van der Waals surface area (Å²) in [6, 6.07) is 24.4. The zero-order valence-corrected chi connectivity index (χ0v) is 17.9. The number of ether oxygens (including phenoxy) is 4. The lowest BCUT2D eigenvalue weighted by Gasteiger charge is -2.21. The highest BCUT2D eigenvalue weighted by molar-refractivity contribution is 5.93. The van der Waals surface area contributed by atoms with E-state index < -0.39 is 48.8 Å². The number of benzene rings is 3. The Morgan fingerprint density at radius 1 is 0.647 bits per heavy atom. The first-order valence-electron chi connectivity index (χ1n) is 10.5. The maximum Gasteiger partial charge on any atom is 0.352 e. The molecule has 3 atom stereocenters. The van der Waals surface area contributed by atoms with Crippen LogP contribution in [0.25, 0.3) is 0 Å². The van der Waals surface area contributed by atoms with Crippen molar-refractivity contribution in [1.82, 2.24) is 0 Å². The molecule has 1 fully saturated rings. The first-order valence-corrected chi connectivity index (χ1v) is 10.5. The summed E-state index contributed by atoms with van der Waals surface area (Å²) in [5.41, 5.74) is 0.745. The molecule has 3 aromatic carbocycles. The topological polar surface area (TPSA) is 105 Å². The van der Waals surface area contributed by atoms with E-state index in [2.05, 4.69) is 0 Å². The molecule has 3 aromatic rings. The highest BCUT2D eigenvalue weighted by atomic mass is 16.7. The molecule has 8 heteroatoms. The van der Waals surface area contributed by atoms with Gasteiger partial charge in [-0.15, -0.1) is 0 Å². The van der Waals surface area contributed by atoms with Crippen LogP contribution >= 0.6 is 0 Å². The number of carbonyl (C=O) groups excluding carboxylic acids is 4. The predicted octanol–water partition coefficient (Wildman–Crippen LogP) is 3.22. The number of esters is 4. The molecule has 1 aliphatic rings. The van der Waals surface area contributed by atoms with Gasteiger partial charge in [0.1, 0.15) is 6.61 Å². The zero-order chi connectivity index (χ0) is 23.9. The molecule has 1 aliphatic heterocycles. The second-order valence-corrected chi connectivity index (χ2v) is 7.37. The van der Waals surface area contributed by atoms with E-state index in [1.54, 1.807) is 66.7 Å². The smallest absolute Gasteiger partial charge is 0.352 e. The van der Waals surface area contributed by atoms with Gasteiger partial charge < -0.3 is 18.9 Å². The molecule has 0 saturated carbocycles. The molecule has 34 heavy (non-hydrogen) atoms. The number of cyclic esters (lactones) is 1. The molecule has 0 spiro atoms. The Balaban J connectivity index is 1.51. The van der Waals surface area contributed by atoms with Crippen LogP contribution in [0.2, 0.25) is 0 Å². The summed E-state index contributed by atoms with van der Waals surface area (Å²) in [7, 11) is 0. The van der Waals surface area contributed by atoms with E-state index in [0.717, 1.165) is 0 Å². The molecule has 0 aliphatic carbocycles. The van der Waals surface area contributed by atoms with Crippen molar-refractivity contribution in [3.05, 3.63) is 108 Å². The Bertz CT molecular complexity index is 1160. The van der Waals surface area contributed by atoms with Crippen LogP contribution in [-0.2, 0) is 23.7 Å². The summed E-state index contributed by atoms with van der Waals surface area (Å²) in [6.45, 7) is -0.397. The van der Waals surface area contributed by atoms with Crippen molar-refractivity contribution in [1.29, 1.82) is 0 Å². The summed E-state index contributed by atoms with van der Waals surface area (Å²) in [4.78, 5) is 50.1. The van der Waals surface area contributed by atoms with Gasteiger partial charge in [0.25, 0.3) is 0 Å². The summed E-state index contributed by atoms with van der Waals surface area (Å²) < 4.78 is 21.4. The Hall–Kier alpha value is -4.46. The Morgan fingerprint density at radius 3 is 1.59 bits per heavy atom. The lowest BCUT2D eigenvalue weighted by molar-refractivity contribution is -0.148. The van der Waals surface area contributed by atoms with Gasteiger partial charge in [-0.3, -0.25) is 0 Å². The molecule has 1 saturated heterocycles. The van der Waals surface area contributed by atoms with Gasteiger partial charge in [0.05, 0.1) is 16.7 Å². The van der Waals surface area contributed by atoms with Crippen LogP contribution in [0.1, 0.15) is 31.1 Å². The SMILES string of the molecule is O=C(OC[C@H]1OC(=O)C(OC(=O)c2ccccc2)[C@@H]1OC(=O)c1ccccc1)c1ccccc1. The first kappa shape index (κ1) is 22.7. The van der Waals surface area contributed by atoms with E-state index in [1.165, 1.54) is 24.3 Å². The molecule has 0 bridgehead atoms. The fourth-order valence-electron chi connectivity index (χ4n) is 3.33. The third-order valence-corrected chi connectivity index (χ3v) is 5.05. The quantitative estimate of drug-likeness (QED) is 0.391. The van der Waals surface area contributed by atoms with Crippen LogP contribution in [0, 0.1) is 0 Å². The van der Waals surface area contributed by atoms with E-state index in [-0.39, 0.29) is 11.1 Å². The molecule has 0 aromatic heterocycles. The summed E-state index contributed by atoms with van der Waals surface area (Å²) in [6.07, 6.45) is -4.02. The number of rotatable bonds is 7.